The van der Waals surface area contributed by atoms with Gasteiger partial charge in [0.05, 0.1) is 0 Å². The smallest absolute Gasteiger partial charge is 0.290 e. The molecule has 0 bridgehead atoms. The summed E-state index contributed by atoms with van der Waals surface area (Å²) in [7, 11) is 2.16. The van der Waals surface area contributed by atoms with Crippen LogP contribution in [0.3, 0.4) is 0 Å². The summed E-state index contributed by atoms with van der Waals surface area (Å²) in [5.74, 6) is 0. The van der Waals surface area contributed by atoms with E-state index >= 15 is 0 Å². The molecule has 5 nitrogen and oxygen atoms in total. The van der Waals surface area contributed by atoms with E-state index in [0.717, 1.165) is 23.1 Å². The first-order chi connectivity index (χ1) is 9.49. The van der Waals surface area contributed by atoms with Crippen LogP contribution in [0.2, 0.25) is 0 Å². The Balaban J connectivity index is 0.000000612. The highest BCUT2D eigenvalue weighted by Gasteiger charge is 2.08. The van der Waals surface area contributed by atoms with E-state index in [-0.39, 0.29) is 6.47 Å². The minimum absolute atomic E-state index is 0.250. The van der Waals surface area contributed by atoms with Crippen LogP contribution in [0, 0.1) is 0 Å². The first-order valence-electron chi connectivity index (χ1n) is 6.39. The molecule has 0 unspecified atom stereocenters. The number of hydrogen-bond donors (Lipinski definition) is 2. The molecule has 0 radical (unpaired) electrons. The summed E-state index contributed by atoms with van der Waals surface area (Å²) in [6.45, 7) is 5.25. The van der Waals surface area contributed by atoms with E-state index in [1.54, 1.807) is 0 Å². The van der Waals surface area contributed by atoms with Gasteiger partial charge >= 0.3 is 0 Å². The Labute approximate surface area is 127 Å². The summed E-state index contributed by atoms with van der Waals surface area (Å²) in [6.07, 6.45) is 4.94. The number of aromatic nitrogens is 2. The molecule has 2 aromatic rings. The van der Waals surface area contributed by atoms with Crippen LogP contribution < -0.4 is 0 Å². The molecule has 110 valence electrons. The molecule has 20 heavy (non-hydrogen) atoms. The van der Waals surface area contributed by atoms with Crippen molar-refractivity contribution in [1.29, 1.82) is 0 Å². The van der Waals surface area contributed by atoms with Gasteiger partial charge in [-0.25, -0.2) is 4.98 Å². The predicted molar refractivity (Wildman–Crippen MR) is 84.0 cm³/mol. The highest BCUT2D eigenvalue weighted by Crippen LogP contribution is 2.21. The molecule has 0 aliphatic carbocycles. The van der Waals surface area contributed by atoms with Gasteiger partial charge in [0.1, 0.15) is 5.65 Å². The fraction of sp³-hybridized carbons (Fsp3) is 0.429. The first-order valence-corrected chi connectivity index (χ1v) is 7.18. The average molecular weight is 342 g/mol. The van der Waals surface area contributed by atoms with Gasteiger partial charge in [0.25, 0.3) is 6.47 Å². The maximum absolute atomic E-state index is 8.36. The number of H-pyrrole nitrogens is 1. The van der Waals surface area contributed by atoms with Crippen molar-refractivity contribution in [1.82, 2.24) is 14.9 Å². The summed E-state index contributed by atoms with van der Waals surface area (Å²) < 4.78 is 1.03. The second kappa shape index (κ2) is 8.01. The number of hydrogen-bond acceptors (Lipinski definition) is 3. The van der Waals surface area contributed by atoms with E-state index < -0.39 is 0 Å². The van der Waals surface area contributed by atoms with Crippen molar-refractivity contribution < 1.29 is 9.90 Å². The molecule has 2 N–H and O–H groups in total. The third-order valence-electron chi connectivity index (χ3n) is 3.20. The summed E-state index contributed by atoms with van der Waals surface area (Å²) in [5, 5.41) is 8.11. The van der Waals surface area contributed by atoms with Crippen LogP contribution in [0.1, 0.15) is 19.4 Å². The lowest BCUT2D eigenvalue weighted by atomic mass is 10.1. The minimum atomic E-state index is -0.250. The van der Waals surface area contributed by atoms with Crippen molar-refractivity contribution in [3.63, 3.8) is 0 Å². The van der Waals surface area contributed by atoms with Gasteiger partial charge in [0.2, 0.25) is 0 Å². The van der Waals surface area contributed by atoms with E-state index in [9.17, 15) is 0 Å². The van der Waals surface area contributed by atoms with Crippen LogP contribution in [-0.4, -0.2) is 46.1 Å². The molecular weight excluding hydrogens is 322 g/mol. The minimum Gasteiger partial charge on any atom is -0.483 e. The van der Waals surface area contributed by atoms with Gasteiger partial charge in [-0.05, 0) is 54.9 Å². The number of pyridine rings is 1. The van der Waals surface area contributed by atoms with Crippen molar-refractivity contribution in [3.8, 4) is 0 Å². The van der Waals surface area contributed by atoms with Gasteiger partial charge in [-0.1, -0.05) is 0 Å². The molecule has 0 aliphatic heterocycles. The molecule has 2 rings (SSSR count). The topological polar surface area (TPSA) is 69.2 Å². The van der Waals surface area contributed by atoms with E-state index in [4.69, 9.17) is 9.90 Å². The van der Waals surface area contributed by atoms with Crippen molar-refractivity contribution in [2.75, 3.05) is 13.6 Å². The van der Waals surface area contributed by atoms with E-state index in [2.05, 4.69) is 64.0 Å². The van der Waals surface area contributed by atoms with Crippen LogP contribution in [0.15, 0.2) is 22.9 Å². The zero-order valence-electron chi connectivity index (χ0n) is 11.9. The van der Waals surface area contributed by atoms with Crippen molar-refractivity contribution in [3.05, 3.63) is 28.5 Å². The lowest BCUT2D eigenvalue weighted by Gasteiger charge is -2.20. The Hall–Kier alpha value is -1.40. The zero-order chi connectivity index (χ0) is 15.1. The van der Waals surface area contributed by atoms with Crippen molar-refractivity contribution >= 4 is 33.4 Å². The van der Waals surface area contributed by atoms with Crippen molar-refractivity contribution in [2.45, 2.75) is 26.3 Å². The Morgan fingerprint density at radius 2 is 2.20 bits per heavy atom. The lowest BCUT2D eigenvalue weighted by Crippen LogP contribution is -2.28. The monoisotopic (exact) mass is 341 g/mol. The number of nitrogens with one attached hydrogen (secondary N) is 1. The van der Waals surface area contributed by atoms with E-state index in [1.807, 2.05) is 6.20 Å². The third kappa shape index (κ3) is 4.61. The number of likely N-dealkylation sites (N-methyl/N-ethyl adjacent to an activating group) is 1. The molecule has 0 atom stereocenters. The maximum Gasteiger partial charge on any atom is 0.290 e. The fourth-order valence-corrected chi connectivity index (χ4v) is 2.13. The third-order valence-corrected chi connectivity index (χ3v) is 3.63. The van der Waals surface area contributed by atoms with E-state index in [1.165, 1.54) is 10.9 Å². The summed E-state index contributed by atoms with van der Waals surface area (Å²) >= 11 is 3.47. The Morgan fingerprint density at radius 1 is 1.55 bits per heavy atom. The van der Waals surface area contributed by atoms with Crippen LogP contribution in [0.25, 0.3) is 11.0 Å². The molecule has 0 saturated carbocycles. The number of halogens is 1. The molecule has 6 heteroatoms. The second-order valence-corrected chi connectivity index (χ2v) is 5.71. The van der Waals surface area contributed by atoms with Gasteiger partial charge in [0, 0.05) is 34.8 Å². The number of carboxylic acid groups (broad SMARTS) is 1. The SMILES string of the molecule is CC(C)N(C)CCc1c[nH]c2ncc(Br)cc12.O=CO. The highest BCUT2D eigenvalue weighted by atomic mass is 79.9. The van der Waals surface area contributed by atoms with Gasteiger partial charge in [-0.15, -0.1) is 0 Å². The van der Waals surface area contributed by atoms with Crippen LogP contribution in [-0.2, 0) is 11.2 Å². The summed E-state index contributed by atoms with van der Waals surface area (Å²) in [4.78, 5) is 18.3. The standard InChI is InChI=1S/C13H18BrN3.CH2O2/c1-9(2)17(3)5-4-10-7-15-13-12(10)6-11(14)8-16-13;2-1-3/h6-9H,4-5H2,1-3H3,(H,15,16);1H,(H,2,3). The number of aromatic amines is 1. The molecule has 2 heterocycles. The van der Waals surface area contributed by atoms with Crippen LogP contribution in [0.5, 0.6) is 0 Å². The molecule has 0 fully saturated rings. The molecule has 0 saturated heterocycles. The second-order valence-electron chi connectivity index (χ2n) is 4.79. The highest BCUT2D eigenvalue weighted by molar-refractivity contribution is 9.10. The quantitative estimate of drug-likeness (QED) is 0.839. The van der Waals surface area contributed by atoms with Crippen LogP contribution >= 0.6 is 15.9 Å². The number of nitrogens with zero attached hydrogens (tertiary/aromatic N) is 2. The lowest BCUT2D eigenvalue weighted by molar-refractivity contribution is -0.122. The van der Waals surface area contributed by atoms with E-state index in [0.29, 0.717) is 6.04 Å². The van der Waals surface area contributed by atoms with Gasteiger partial charge in [-0.3, -0.25) is 4.79 Å². The Morgan fingerprint density at radius 3 is 2.80 bits per heavy atom. The Bertz CT molecular complexity index is 554. The number of rotatable bonds is 4. The normalized spacial score (nSPS) is 10.7. The van der Waals surface area contributed by atoms with Gasteiger partial charge in [-0.2, -0.15) is 0 Å². The van der Waals surface area contributed by atoms with Gasteiger partial charge in [0.15, 0.2) is 0 Å². The molecule has 0 aliphatic rings. The largest absolute Gasteiger partial charge is 0.483 e. The molecular formula is C14H20BrN3O2. The average Bonchev–Trinajstić information content (AvgIpc) is 2.79. The molecule has 0 amide bonds. The van der Waals surface area contributed by atoms with Gasteiger partial charge < -0.3 is 15.0 Å². The predicted octanol–water partition coefficient (Wildman–Crippen LogP) is 2.91. The number of carbonyl (C=O) groups is 1. The zero-order valence-corrected chi connectivity index (χ0v) is 13.5. The van der Waals surface area contributed by atoms with Crippen LogP contribution in [0.4, 0.5) is 0 Å². The van der Waals surface area contributed by atoms with Crippen molar-refractivity contribution in [2.24, 2.45) is 0 Å². The Kier molecular flexibility index (Phi) is 6.67. The molecule has 0 aromatic carbocycles. The maximum atomic E-state index is 8.36. The fourth-order valence-electron chi connectivity index (χ4n) is 1.79. The summed E-state index contributed by atoms with van der Waals surface area (Å²) in [6, 6.07) is 2.72. The molecule has 0 spiro atoms. The molecule has 2 aromatic heterocycles. The first kappa shape index (κ1) is 16.7. The number of fused-ring (bicyclic) bond motifs is 1. The summed E-state index contributed by atoms with van der Waals surface area (Å²) in [5.41, 5.74) is 2.30.